The summed E-state index contributed by atoms with van der Waals surface area (Å²) in [4.78, 5) is 13.2. The molecule has 4 nitrogen and oxygen atoms in total. The first-order chi connectivity index (χ1) is 6.15. The predicted molar refractivity (Wildman–Crippen MR) is 50.1 cm³/mol. The Bertz CT molecular complexity index is 184. The van der Waals surface area contributed by atoms with E-state index in [4.69, 9.17) is 5.73 Å². The summed E-state index contributed by atoms with van der Waals surface area (Å²) in [5, 5.41) is 9.35. The van der Waals surface area contributed by atoms with Gasteiger partial charge in [0.2, 0.25) is 5.91 Å². The topological polar surface area (TPSA) is 66.6 Å². The molecule has 1 aliphatic rings. The number of likely N-dealkylation sites (tertiary alicyclic amines) is 1. The zero-order valence-corrected chi connectivity index (χ0v) is 8.07. The molecule has 0 unspecified atom stereocenters. The van der Waals surface area contributed by atoms with Gasteiger partial charge in [-0.2, -0.15) is 0 Å². The molecule has 76 valence electrons. The zero-order valence-electron chi connectivity index (χ0n) is 8.07. The first-order valence-electron chi connectivity index (χ1n) is 4.87. The lowest BCUT2D eigenvalue weighted by molar-refractivity contribution is -0.135. The lowest BCUT2D eigenvalue weighted by atomic mass is 10.1. The van der Waals surface area contributed by atoms with Crippen molar-refractivity contribution in [1.29, 1.82) is 0 Å². The molecule has 0 bridgehead atoms. The van der Waals surface area contributed by atoms with Gasteiger partial charge >= 0.3 is 0 Å². The van der Waals surface area contributed by atoms with Crippen molar-refractivity contribution in [2.24, 2.45) is 5.73 Å². The summed E-state index contributed by atoms with van der Waals surface area (Å²) >= 11 is 0. The number of β-amino-alcohol motifs (C(OH)–C–C–N with tert-alkyl or cyclic N) is 1. The van der Waals surface area contributed by atoms with Crippen molar-refractivity contribution in [3.63, 3.8) is 0 Å². The molecule has 0 aliphatic carbocycles. The zero-order chi connectivity index (χ0) is 9.84. The summed E-state index contributed by atoms with van der Waals surface area (Å²) in [6, 6.07) is -0.398. The molecule has 1 fully saturated rings. The Morgan fingerprint density at radius 3 is 3.00 bits per heavy atom. The van der Waals surface area contributed by atoms with Gasteiger partial charge in [-0.05, 0) is 19.3 Å². The summed E-state index contributed by atoms with van der Waals surface area (Å²) in [6.07, 6.45) is 1.97. The van der Waals surface area contributed by atoms with Crippen molar-refractivity contribution >= 4 is 5.91 Å². The number of carbonyl (C=O) groups is 1. The highest BCUT2D eigenvalue weighted by molar-refractivity contribution is 5.81. The first-order valence-corrected chi connectivity index (χ1v) is 4.87. The van der Waals surface area contributed by atoms with E-state index in [0.717, 1.165) is 19.4 Å². The third kappa shape index (κ3) is 2.67. The van der Waals surface area contributed by atoms with Gasteiger partial charge in [-0.15, -0.1) is 0 Å². The van der Waals surface area contributed by atoms with E-state index in [1.165, 1.54) is 0 Å². The van der Waals surface area contributed by atoms with E-state index in [0.29, 0.717) is 13.0 Å². The number of aliphatic hydroxyl groups is 1. The van der Waals surface area contributed by atoms with Crippen LogP contribution in [0, 0.1) is 0 Å². The maximum Gasteiger partial charge on any atom is 0.239 e. The summed E-state index contributed by atoms with van der Waals surface area (Å²) in [5.41, 5.74) is 5.62. The molecule has 0 aromatic rings. The highest BCUT2D eigenvalue weighted by atomic mass is 16.3. The van der Waals surface area contributed by atoms with Crippen LogP contribution in [0.5, 0.6) is 0 Å². The van der Waals surface area contributed by atoms with Gasteiger partial charge < -0.3 is 15.7 Å². The van der Waals surface area contributed by atoms with Crippen LogP contribution >= 0.6 is 0 Å². The monoisotopic (exact) mass is 186 g/mol. The molecule has 1 saturated heterocycles. The molecule has 1 aliphatic heterocycles. The van der Waals surface area contributed by atoms with E-state index in [2.05, 4.69) is 0 Å². The number of aliphatic hydroxyl groups excluding tert-OH is 1. The van der Waals surface area contributed by atoms with E-state index in [1.807, 2.05) is 6.92 Å². The minimum absolute atomic E-state index is 0.0266. The van der Waals surface area contributed by atoms with E-state index in [9.17, 15) is 9.90 Å². The quantitative estimate of drug-likeness (QED) is 0.622. The largest absolute Gasteiger partial charge is 0.391 e. The number of hydrogen-bond acceptors (Lipinski definition) is 3. The third-order valence-electron chi connectivity index (χ3n) is 2.47. The molecular formula is C9H18N2O2. The van der Waals surface area contributed by atoms with Gasteiger partial charge in [0.05, 0.1) is 12.1 Å². The van der Waals surface area contributed by atoms with Crippen molar-refractivity contribution in [2.75, 3.05) is 13.1 Å². The van der Waals surface area contributed by atoms with Gasteiger partial charge in [-0.3, -0.25) is 4.79 Å². The second kappa shape index (κ2) is 4.58. The number of carbonyl (C=O) groups excluding carboxylic acids is 1. The van der Waals surface area contributed by atoms with Gasteiger partial charge in [-0.1, -0.05) is 6.92 Å². The second-order valence-electron chi connectivity index (χ2n) is 3.60. The summed E-state index contributed by atoms with van der Waals surface area (Å²) in [5.74, 6) is -0.0266. The Labute approximate surface area is 78.7 Å². The normalized spacial score (nSPS) is 25.8. The van der Waals surface area contributed by atoms with Gasteiger partial charge in [0.25, 0.3) is 0 Å². The molecule has 0 spiro atoms. The first kappa shape index (κ1) is 10.5. The molecule has 2 atom stereocenters. The van der Waals surface area contributed by atoms with Crippen LogP contribution in [0.4, 0.5) is 0 Å². The Balaban J connectivity index is 2.46. The van der Waals surface area contributed by atoms with Crippen molar-refractivity contribution in [3.8, 4) is 0 Å². The molecule has 0 radical (unpaired) electrons. The maximum atomic E-state index is 11.6. The Morgan fingerprint density at radius 1 is 1.77 bits per heavy atom. The third-order valence-corrected chi connectivity index (χ3v) is 2.47. The molecule has 0 saturated carbocycles. The molecule has 4 heteroatoms. The van der Waals surface area contributed by atoms with Gasteiger partial charge in [-0.25, -0.2) is 0 Å². The van der Waals surface area contributed by atoms with Gasteiger partial charge in [0, 0.05) is 13.1 Å². The summed E-state index contributed by atoms with van der Waals surface area (Å²) in [6.45, 7) is 3.08. The molecule has 0 aromatic heterocycles. The molecule has 3 N–H and O–H groups in total. The SMILES string of the molecule is CC[C@H](N)C(=O)N1CCC[C@H](O)C1. The fraction of sp³-hybridized carbons (Fsp3) is 0.889. The molecule has 13 heavy (non-hydrogen) atoms. The second-order valence-corrected chi connectivity index (χ2v) is 3.60. The Hall–Kier alpha value is -0.610. The number of hydrogen-bond donors (Lipinski definition) is 2. The molecule has 1 heterocycles. The summed E-state index contributed by atoms with van der Waals surface area (Å²) < 4.78 is 0. The lowest BCUT2D eigenvalue weighted by Gasteiger charge is -2.31. The van der Waals surface area contributed by atoms with E-state index < -0.39 is 6.04 Å². The fourth-order valence-electron chi connectivity index (χ4n) is 1.56. The van der Waals surface area contributed by atoms with E-state index >= 15 is 0 Å². The lowest BCUT2D eigenvalue weighted by Crippen LogP contribution is -2.49. The standard InChI is InChI=1S/C9H18N2O2/c1-2-8(10)9(13)11-5-3-4-7(12)6-11/h7-8,12H,2-6,10H2,1H3/t7-,8-/m0/s1. The molecular weight excluding hydrogens is 168 g/mol. The number of nitrogens with two attached hydrogens (primary N) is 1. The van der Waals surface area contributed by atoms with Crippen LogP contribution in [0.1, 0.15) is 26.2 Å². The average Bonchev–Trinajstić information content (AvgIpc) is 2.15. The molecule has 0 aromatic carbocycles. The van der Waals surface area contributed by atoms with E-state index in [-0.39, 0.29) is 12.0 Å². The van der Waals surface area contributed by atoms with Crippen molar-refractivity contribution in [3.05, 3.63) is 0 Å². The van der Waals surface area contributed by atoms with Crippen LogP contribution in [0.25, 0.3) is 0 Å². The van der Waals surface area contributed by atoms with Gasteiger partial charge in [0.1, 0.15) is 0 Å². The Morgan fingerprint density at radius 2 is 2.46 bits per heavy atom. The van der Waals surface area contributed by atoms with Crippen LogP contribution in [-0.2, 0) is 4.79 Å². The van der Waals surface area contributed by atoms with Crippen molar-refractivity contribution < 1.29 is 9.90 Å². The van der Waals surface area contributed by atoms with Crippen molar-refractivity contribution in [1.82, 2.24) is 4.90 Å². The molecule has 1 amide bonds. The average molecular weight is 186 g/mol. The smallest absolute Gasteiger partial charge is 0.239 e. The van der Waals surface area contributed by atoms with Crippen LogP contribution < -0.4 is 5.73 Å². The minimum atomic E-state index is -0.398. The van der Waals surface area contributed by atoms with Gasteiger partial charge in [0.15, 0.2) is 0 Å². The molecule has 1 rings (SSSR count). The maximum absolute atomic E-state index is 11.6. The summed E-state index contributed by atoms with van der Waals surface area (Å²) in [7, 11) is 0. The fourth-order valence-corrected chi connectivity index (χ4v) is 1.56. The highest BCUT2D eigenvalue weighted by Crippen LogP contribution is 2.11. The number of amides is 1. The van der Waals surface area contributed by atoms with E-state index in [1.54, 1.807) is 4.90 Å². The Kier molecular flexibility index (Phi) is 3.69. The number of rotatable bonds is 2. The van der Waals surface area contributed by atoms with Crippen LogP contribution in [-0.4, -0.2) is 41.1 Å². The number of piperidine rings is 1. The number of nitrogens with zero attached hydrogens (tertiary/aromatic N) is 1. The van der Waals surface area contributed by atoms with Crippen molar-refractivity contribution in [2.45, 2.75) is 38.3 Å². The van der Waals surface area contributed by atoms with Crippen LogP contribution in [0.2, 0.25) is 0 Å². The highest BCUT2D eigenvalue weighted by Gasteiger charge is 2.24. The van der Waals surface area contributed by atoms with Crippen LogP contribution in [0.3, 0.4) is 0 Å². The minimum Gasteiger partial charge on any atom is -0.391 e. The predicted octanol–water partition coefficient (Wildman–Crippen LogP) is -0.293. The van der Waals surface area contributed by atoms with Crippen LogP contribution in [0.15, 0.2) is 0 Å².